The molecule has 1 aliphatic rings. The number of benzene rings is 1. The summed E-state index contributed by atoms with van der Waals surface area (Å²) >= 11 is 5.50. The van der Waals surface area contributed by atoms with Crippen LogP contribution in [0.1, 0.15) is 11.5 Å². The van der Waals surface area contributed by atoms with Crippen LogP contribution in [0.4, 0.5) is 17.6 Å². The van der Waals surface area contributed by atoms with Crippen molar-refractivity contribution in [3.8, 4) is 0 Å². The Hall–Kier alpha value is -0.770. The third kappa shape index (κ3) is 1.13. The molecule has 1 saturated carbocycles. The van der Waals surface area contributed by atoms with E-state index >= 15 is 0 Å². The van der Waals surface area contributed by atoms with Crippen LogP contribution >= 0.6 is 11.6 Å². The number of hydrogen-bond acceptors (Lipinski definition) is 0. The van der Waals surface area contributed by atoms with Crippen LogP contribution in [0, 0.1) is 0 Å². The summed E-state index contributed by atoms with van der Waals surface area (Å²) in [6, 6.07) is 5.03. The summed E-state index contributed by atoms with van der Waals surface area (Å²) in [5.41, 5.74) is -0.0793. The summed E-state index contributed by atoms with van der Waals surface area (Å²) in [6.07, 6.45) is 0. The first-order valence-electron chi connectivity index (χ1n) is 3.88. The lowest BCUT2D eigenvalue weighted by atomic mass is 10.1. The Morgan fingerprint density at radius 3 is 1.71 bits per heavy atom. The first-order valence-corrected chi connectivity index (χ1v) is 4.26. The molecular weight excluding hydrogens is 220 g/mol. The van der Waals surface area contributed by atoms with Crippen LogP contribution in [-0.2, 0) is 0 Å². The first-order chi connectivity index (χ1) is 6.37. The fourth-order valence-corrected chi connectivity index (χ4v) is 1.54. The predicted octanol–water partition coefficient (Wildman–Crippen LogP) is 3.71. The van der Waals surface area contributed by atoms with E-state index in [1.807, 2.05) is 0 Å². The van der Waals surface area contributed by atoms with Gasteiger partial charge in [-0.05, 0) is 17.7 Å². The van der Waals surface area contributed by atoms with Crippen molar-refractivity contribution in [2.75, 3.05) is 0 Å². The van der Waals surface area contributed by atoms with Gasteiger partial charge in [-0.15, -0.1) is 0 Å². The molecule has 1 aliphatic carbocycles. The maximum Gasteiger partial charge on any atom is 0.323 e. The van der Waals surface area contributed by atoms with Gasteiger partial charge in [0.1, 0.15) is 5.92 Å². The zero-order valence-corrected chi connectivity index (χ0v) is 7.53. The highest BCUT2D eigenvalue weighted by Gasteiger charge is 2.85. The van der Waals surface area contributed by atoms with Crippen molar-refractivity contribution < 1.29 is 17.6 Å². The summed E-state index contributed by atoms with van der Waals surface area (Å²) in [5, 5.41) is 0.334. The maximum absolute atomic E-state index is 12.6. The normalized spacial score (nSPS) is 23.5. The molecular formula is C9H5ClF4. The van der Waals surface area contributed by atoms with Crippen LogP contribution in [0.25, 0.3) is 0 Å². The molecule has 0 saturated heterocycles. The summed E-state index contributed by atoms with van der Waals surface area (Å²) in [6.45, 7) is 0. The predicted molar refractivity (Wildman–Crippen MR) is 44.1 cm³/mol. The molecule has 1 aromatic carbocycles. The Morgan fingerprint density at radius 2 is 1.36 bits per heavy atom. The Labute approximate surface area is 82.5 Å². The van der Waals surface area contributed by atoms with E-state index in [1.54, 1.807) is 0 Å². The number of alkyl halides is 4. The van der Waals surface area contributed by atoms with Gasteiger partial charge in [-0.1, -0.05) is 23.7 Å². The summed E-state index contributed by atoms with van der Waals surface area (Å²) in [4.78, 5) is 0. The summed E-state index contributed by atoms with van der Waals surface area (Å²) in [5.74, 6) is -9.82. The summed E-state index contributed by atoms with van der Waals surface area (Å²) in [7, 11) is 0. The standard InChI is InChI=1S/C9H5ClF4/c10-6-3-1-5(2-4-6)7-8(11,12)9(7,13)14/h1-4,7H. The minimum atomic E-state index is -3.92. The van der Waals surface area contributed by atoms with E-state index in [0.717, 1.165) is 0 Å². The van der Waals surface area contributed by atoms with Gasteiger partial charge in [0.15, 0.2) is 0 Å². The van der Waals surface area contributed by atoms with Crippen molar-refractivity contribution >= 4 is 11.6 Å². The van der Waals surface area contributed by atoms with Gasteiger partial charge in [0, 0.05) is 5.02 Å². The maximum atomic E-state index is 12.6. The van der Waals surface area contributed by atoms with Gasteiger partial charge in [0.05, 0.1) is 0 Å². The Bertz CT molecular complexity index is 344. The minimum Gasteiger partial charge on any atom is -0.199 e. The molecule has 5 heteroatoms. The van der Waals surface area contributed by atoms with Crippen LogP contribution in [0.2, 0.25) is 5.02 Å². The van der Waals surface area contributed by atoms with Crippen LogP contribution in [0.5, 0.6) is 0 Å². The molecule has 0 aromatic heterocycles. The van der Waals surface area contributed by atoms with Crippen LogP contribution in [0.3, 0.4) is 0 Å². The molecule has 0 radical (unpaired) electrons. The molecule has 0 amide bonds. The largest absolute Gasteiger partial charge is 0.323 e. The fraction of sp³-hybridized carbons (Fsp3) is 0.333. The van der Waals surface area contributed by atoms with Gasteiger partial charge in [-0.25, -0.2) is 0 Å². The molecule has 1 aromatic rings. The van der Waals surface area contributed by atoms with E-state index in [0.29, 0.717) is 5.02 Å². The molecule has 2 rings (SSSR count). The van der Waals surface area contributed by atoms with Gasteiger partial charge >= 0.3 is 11.8 Å². The molecule has 0 unspecified atom stereocenters. The second kappa shape index (κ2) is 2.63. The molecule has 14 heavy (non-hydrogen) atoms. The third-order valence-corrected chi connectivity index (χ3v) is 2.54. The van der Waals surface area contributed by atoms with Gasteiger partial charge in [-0.2, -0.15) is 17.6 Å². The van der Waals surface area contributed by atoms with E-state index in [9.17, 15) is 17.6 Å². The number of halogens is 5. The smallest absolute Gasteiger partial charge is 0.199 e. The lowest BCUT2D eigenvalue weighted by Gasteiger charge is -1.96. The van der Waals surface area contributed by atoms with Gasteiger partial charge in [0.25, 0.3) is 0 Å². The van der Waals surface area contributed by atoms with E-state index in [-0.39, 0.29) is 5.56 Å². The Morgan fingerprint density at radius 1 is 0.929 bits per heavy atom. The third-order valence-electron chi connectivity index (χ3n) is 2.29. The van der Waals surface area contributed by atoms with E-state index in [4.69, 9.17) is 11.6 Å². The van der Waals surface area contributed by atoms with Crippen molar-refractivity contribution in [2.45, 2.75) is 17.8 Å². The van der Waals surface area contributed by atoms with E-state index < -0.39 is 17.8 Å². The topological polar surface area (TPSA) is 0 Å². The highest BCUT2D eigenvalue weighted by molar-refractivity contribution is 6.30. The molecule has 1 fully saturated rings. The molecule has 0 heterocycles. The van der Waals surface area contributed by atoms with Crippen LogP contribution < -0.4 is 0 Å². The molecule has 0 spiro atoms. The Balaban J connectivity index is 2.32. The zero-order chi connectivity index (χ0) is 10.6. The lowest BCUT2D eigenvalue weighted by Crippen LogP contribution is -2.02. The van der Waals surface area contributed by atoms with E-state index in [2.05, 4.69) is 0 Å². The quantitative estimate of drug-likeness (QED) is 0.638. The second-order valence-corrected chi connectivity index (χ2v) is 3.67. The zero-order valence-electron chi connectivity index (χ0n) is 6.78. The molecule has 76 valence electrons. The molecule has 0 aliphatic heterocycles. The van der Waals surface area contributed by atoms with E-state index in [1.165, 1.54) is 24.3 Å². The highest BCUT2D eigenvalue weighted by atomic mass is 35.5. The average molecular weight is 225 g/mol. The fourth-order valence-electron chi connectivity index (χ4n) is 1.42. The minimum absolute atomic E-state index is 0.0793. The molecule has 0 nitrogen and oxygen atoms in total. The second-order valence-electron chi connectivity index (χ2n) is 3.23. The van der Waals surface area contributed by atoms with Gasteiger partial charge in [-0.3, -0.25) is 0 Å². The monoisotopic (exact) mass is 224 g/mol. The summed E-state index contributed by atoms with van der Waals surface area (Å²) < 4.78 is 50.3. The van der Waals surface area contributed by atoms with Crippen molar-refractivity contribution in [3.63, 3.8) is 0 Å². The Kier molecular flexibility index (Phi) is 1.83. The number of rotatable bonds is 1. The van der Waals surface area contributed by atoms with Crippen LogP contribution in [-0.4, -0.2) is 11.8 Å². The van der Waals surface area contributed by atoms with Crippen molar-refractivity contribution in [1.29, 1.82) is 0 Å². The molecule has 0 N–H and O–H groups in total. The van der Waals surface area contributed by atoms with Crippen molar-refractivity contribution in [1.82, 2.24) is 0 Å². The molecule has 0 atom stereocenters. The van der Waals surface area contributed by atoms with Gasteiger partial charge in [0.2, 0.25) is 0 Å². The van der Waals surface area contributed by atoms with Gasteiger partial charge < -0.3 is 0 Å². The lowest BCUT2D eigenvalue weighted by molar-refractivity contribution is -0.0278. The van der Waals surface area contributed by atoms with Crippen molar-refractivity contribution in [2.24, 2.45) is 0 Å². The SMILES string of the molecule is FC1(F)C(c2ccc(Cl)cc2)C1(F)F. The van der Waals surface area contributed by atoms with Crippen LogP contribution in [0.15, 0.2) is 24.3 Å². The highest BCUT2D eigenvalue weighted by Crippen LogP contribution is 2.68. The first kappa shape index (κ1) is 9.77. The molecule has 0 bridgehead atoms. The average Bonchev–Trinajstić information content (AvgIpc) is 2.46. The number of hydrogen-bond donors (Lipinski definition) is 0. The van der Waals surface area contributed by atoms with Crippen molar-refractivity contribution in [3.05, 3.63) is 34.9 Å².